The number of carbonyl (C=O) groups is 1. The Morgan fingerprint density at radius 3 is 2.56 bits per heavy atom. The fourth-order valence-electron chi connectivity index (χ4n) is 5.19. The number of carbonyl (C=O) groups excluding carboxylic acids is 1. The van der Waals surface area contributed by atoms with Crippen molar-refractivity contribution in [3.05, 3.63) is 70.8 Å². The number of amides is 1. The zero-order valence-corrected chi connectivity index (χ0v) is 20.6. The fraction of sp³-hybridized carbons (Fsp3) is 0.444. The van der Waals surface area contributed by atoms with E-state index in [0.29, 0.717) is 23.8 Å². The molecule has 1 fully saturated rings. The summed E-state index contributed by atoms with van der Waals surface area (Å²) in [4.78, 5) is 19.8. The van der Waals surface area contributed by atoms with Gasteiger partial charge in [-0.15, -0.1) is 0 Å². The number of hydrogen-bond acceptors (Lipinski definition) is 5. The van der Waals surface area contributed by atoms with Crippen molar-refractivity contribution in [2.24, 2.45) is 5.73 Å². The molecule has 0 radical (unpaired) electrons. The first kappa shape index (κ1) is 24.1. The summed E-state index contributed by atoms with van der Waals surface area (Å²) in [6, 6.07) is 12.1. The quantitative estimate of drug-likeness (QED) is 0.653. The van der Waals surface area contributed by atoms with Crippen LogP contribution in [0.25, 0.3) is 0 Å². The number of halogens is 1. The van der Waals surface area contributed by atoms with E-state index in [1.54, 1.807) is 25.1 Å². The third-order valence-electron chi connectivity index (χ3n) is 7.33. The van der Waals surface area contributed by atoms with Gasteiger partial charge in [-0.3, -0.25) is 4.79 Å². The molecule has 7 heteroatoms. The molecule has 4 rings (SSSR count). The number of anilines is 2. The van der Waals surface area contributed by atoms with Gasteiger partial charge in [-0.1, -0.05) is 24.3 Å². The number of nitrogens with one attached hydrogen (secondary N) is 1. The van der Waals surface area contributed by atoms with Crippen LogP contribution in [0.5, 0.6) is 0 Å². The Morgan fingerprint density at radius 1 is 1.15 bits per heavy atom. The van der Waals surface area contributed by atoms with Crippen LogP contribution >= 0.6 is 0 Å². The highest BCUT2D eigenvalue weighted by Crippen LogP contribution is 2.36. The average Bonchev–Trinajstić information content (AvgIpc) is 2.84. The smallest absolute Gasteiger partial charge is 0.271 e. The normalized spacial score (nSPS) is 19.4. The van der Waals surface area contributed by atoms with E-state index in [2.05, 4.69) is 54.3 Å². The van der Waals surface area contributed by atoms with Crippen molar-refractivity contribution in [1.29, 1.82) is 0 Å². The monoisotopic (exact) mass is 465 g/mol. The van der Waals surface area contributed by atoms with Crippen molar-refractivity contribution in [3.63, 3.8) is 0 Å². The topological polar surface area (TPSA) is 64.8 Å². The first-order valence-corrected chi connectivity index (χ1v) is 12.1. The molecule has 0 aliphatic carbocycles. The maximum atomic E-state index is 14.3. The lowest BCUT2D eigenvalue weighted by Crippen LogP contribution is -2.44. The number of nitrogens with two attached hydrogens (primary N) is 1. The third-order valence-corrected chi connectivity index (χ3v) is 7.33. The van der Waals surface area contributed by atoms with E-state index in [1.165, 1.54) is 23.0 Å². The van der Waals surface area contributed by atoms with Gasteiger partial charge in [0, 0.05) is 37.6 Å². The number of hydrogen-bond donors (Lipinski definition) is 2. The van der Waals surface area contributed by atoms with Crippen LogP contribution in [-0.2, 0) is 11.2 Å². The van der Waals surface area contributed by atoms with Gasteiger partial charge in [0.05, 0.1) is 11.7 Å². The summed E-state index contributed by atoms with van der Waals surface area (Å²) in [6.07, 6.45) is 4.51. The number of benzene rings is 2. The lowest BCUT2D eigenvalue weighted by molar-refractivity contribution is -0.129. The first-order chi connectivity index (χ1) is 16.3. The zero-order chi connectivity index (χ0) is 24.4. The minimum atomic E-state index is -0.346. The molecule has 0 spiro atoms. The van der Waals surface area contributed by atoms with Crippen LogP contribution in [0.15, 0.2) is 48.3 Å². The molecule has 0 saturated carbocycles. The molecule has 1 atom stereocenters. The molecule has 1 amide bonds. The molecule has 2 aromatic rings. The minimum absolute atomic E-state index is 0.0677. The van der Waals surface area contributed by atoms with Gasteiger partial charge in [0.2, 0.25) is 0 Å². The van der Waals surface area contributed by atoms with Crippen LogP contribution in [0.2, 0.25) is 0 Å². The van der Waals surface area contributed by atoms with Crippen molar-refractivity contribution in [2.75, 3.05) is 43.9 Å². The first-order valence-electron chi connectivity index (χ1n) is 12.1. The standard InChI is InChI=1S/C27H36FN5O/c1-18-7-5-9-24(26(18)28)30-17-23(29)27(34)33-16-13-22-21(19(33)2)8-6-10-25(22)32-14-11-20(12-15-32)31(3)4/h5-10,17,19-20,30H,11-16,29H2,1-4H3/b23-17-. The summed E-state index contributed by atoms with van der Waals surface area (Å²) < 4.78 is 14.3. The van der Waals surface area contributed by atoms with Crippen LogP contribution in [0, 0.1) is 12.7 Å². The second kappa shape index (κ2) is 10.1. The number of aryl methyl sites for hydroxylation is 1. The number of piperidine rings is 1. The summed E-state index contributed by atoms with van der Waals surface area (Å²) >= 11 is 0. The maximum Gasteiger partial charge on any atom is 0.271 e. The van der Waals surface area contributed by atoms with Gasteiger partial charge in [-0.2, -0.15) is 0 Å². The highest BCUT2D eigenvalue weighted by molar-refractivity contribution is 5.93. The van der Waals surface area contributed by atoms with Crippen molar-refractivity contribution >= 4 is 17.3 Å². The molecular weight excluding hydrogens is 429 g/mol. The molecule has 3 N–H and O–H groups in total. The predicted molar refractivity (Wildman–Crippen MR) is 136 cm³/mol. The average molecular weight is 466 g/mol. The Morgan fingerprint density at radius 2 is 1.85 bits per heavy atom. The van der Waals surface area contributed by atoms with E-state index in [0.717, 1.165) is 32.4 Å². The van der Waals surface area contributed by atoms with Gasteiger partial charge in [0.25, 0.3) is 5.91 Å². The van der Waals surface area contributed by atoms with Crippen LogP contribution in [0.4, 0.5) is 15.8 Å². The van der Waals surface area contributed by atoms with E-state index >= 15 is 0 Å². The van der Waals surface area contributed by atoms with Gasteiger partial charge < -0.3 is 25.8 Å². The molecule has 2 aliphatic heterocycles. The van der Waals surface area contributed by atoms with Crippen molar-refractivity contribution in [2.45, 2.75) is 45.2 Å². The SMILES string of the molecule is Cc1cccc(N/C=C(\N)C(=O)N2CCc3c(cccc3N3CCC(N(C)C)CC3)C2C)c1F. The number of nitrogens with zero attached hydrogens (tertiary/aromatic N) is 3. The van der Waals surface area contributed by atoms with Crippen LogP contribution in [-0.4, -0.2) is 55.5 Å². The molecule has 1 saturated heterocycles. The maximum absolute atomic E-state index is 14.3. The third kappa shape index (κ3) is 4.75. The lowest BCUT2D eigenvalue weighted by atomic mass is 9.90. The Labute approximate surface area is 202 Å². The van der Waals surface area contributed by atoms with Gasteiger partial charge in [-0.25, -0.2) is 4.39 Å². The Balaban J connectivity index is 1.48. The summed E-state index contributed by atoms with van der Waals surface area (Å²) in [5.41, 5.74) is 10.8. The Hall–Kier alpha value is -3.06. The largest absolute Gasteiger partial charge is 0.393 e. The zero-order valence-electron chi connectivity index (χ0n) is 20.6. The molecule has 0 bridgehead atoms. The van der Waals surface area contributed by atoms with E-state index in [9.17, 15) is 9.18 Å². The molecule has 2 aromatic carbocycles. The minimum Gasteiger partial charge on any atom is -0.393 e. The number of fused-ring (bicyclic) bond motifs is 1. The highest BCUT2D eigenvalue weighted by atomic mass is 19.1. The van der Waals surface area contributed by atoms with Gasteiger partial charge in [0.1, 0.15) is 11.5 Å². The van der Waals surface area contributed by atoms with Gasteiger partial charge in [-0.05, 0) is 76.0 Å². The van der Waals surface area contributed by atoms with Crippen LogP contribution < -0.4 is 16.0 Å². The van der Waals surface area contributed by atoms with E-state index in [1.807, 2.05) is 4.90 Å². The van der Waals surface area contributed by atoms with Gasteiger partial charge >= 0.3 is 0 Å². The van der Waals surface area contributed by atoms with E-state index in [4.69, 9.17) is 5.73 Å². The van der Waals surface area contributed by atoms with E-state index in [-0.39, 0.29) is 23.5 Å². The molecule has 2 heterocycles. The van der Waals surface area contributed by atoms with E-state index < -0.39 is 0 Å². The fourth-order valence-corrected chi connectivity index (χ4v) is 5.19. The second-order valence-corrected chi connectivity index (χ2v) is 9.63. The Kier molecular flexibility index (Phi) is 7.12. The van der Waals surface area contributed by atoms with Crippen LogP contribution in [0.1, 0.15) is 42.5 Å². The molecule has 6 nitrogen and oxygen atoms in total. The van der Waals surface area contributed by atoms with Crippen molar-refractivity contribution < 1.29 is 9.18 Å². The molecule has 2 aliphatic rings. The molecule has 34 heavy (non-hydrogen) atoms. The predicted octanol–water partition coefficient (Wildman–Crippen LogP) is 4.02. The van der Waals surface area contributed by atoms with Gasteiger partial charge in [0.15, 0.2) is 0 Å². The van der Waals surface area contributed by atoms with Crippen molar-refractivity contribution in [1.82, 2.24) is 9.80 Å². The molecule has 1 unspecified atom stereocenters. The van der Waals surface area contributed by atoms with Crippen molar-refractivity contribution in [3.8, 4) is 0 Å². The molecular formula is C27H36FN5O. The molecule has 182 valence electrons. The summed E-state index contributed by atoms with van der Waals surface area (Å²) in [7, 11) is 4.32. The lowest BCUT2D eigenvalue weighted by Gasteiger charge is -2.40. The Bertz CT molecular complexity index is 1070. The number of rotatable bonds is 5. The molecule has 0 aromatic heterocycles. The summed E-state index contributed by atoms with van der Waals surface area (Å²) in [5.74, 6) is -0.586. The second-order valence-electron chi connectivity index (χ2n) is 9.63. The van der Waals surface area contributed by atoms with Crippen LogP contribution in [0.3, 0.4) is 0 Å². The summed E-state index contributed by atoms with van der Waals surface area (Å²) in [5, 5.41) is 2.85. The highest BCUT2D eigenvalue weighted by Gasteiger charge is 2.31. The summed E-state index contributed by atoms with van der Waals surface area (Å²) in [6.45, 7) is 6.45.